The highest BCUT2D eigenvalue weighted by Crippen LogP contribution is 2.09. The van der Waals surface area contributed by atoms with E-state index < -0.39 is 11.9 Å². The molecule has 0 aliphatic rings. The smallest absolute Gasteiger partial charge is 0.303 e. The molecule has 3 N–H and O–H groups in total. The highest BCUT2D eigenvalue weighted by Gasteiger charge is 1.97. The molecule has 1 amide bonds. The largest absolute Gasteiger partial charge is 0.481 e. The lowest BCUT2D eigenvalue weighted by Crippen LogP contribution is -2.10. The first-order valence-corrected chi connectivity index (χ1v) is 11.1. The third-order valence-electron chi connectivity index (χ3n) is 4.22. The van der Waals surface area contributed by atoms with Crippen LogP contribution in [0.1, 0.15) is 81.5 Å². The van der Waals surface area contributed by atoms with Gasteiger partial charge in [0.2, 0.25) is 5.91 Å². The Morgan fingerprint density at radius 2 is 1.40 bits per heavy atom. The number of carbonyl (C=O) groups is 2. The Morgan fingerprint density at radius 3 is 1.93 bits per heavy atom. The van der Waals surface area contributed by atoms with E-state index in [1.807, 2.05) is 0 Å². The van der Waals surface area contributed by atoms with Crippen molar-refractivity contribution in [3.8, 4) is 0 Å². The van der Waals surface area contributed by atoms with Crippen molar-refractivity contribution >= 4 is 23.5 Å². The molecule has 0 aromatic heterocycles. The van der Waals surface area contributed by atoms with Crippen molar-refractivity contribution in [3.05, 3.63) is 71.3 Å². The molecule has 30 heavy (non-hydrogen) atoms. The van der Waals surface area contributed by atoms with Crippen LogP contribution < -0.4 is 5.73 Å². The second-order valence-corrected chi connectivity index (χ2v) is 7.39. The zero-order valence-electron chi connectivity index (χ0n) is 18.1. The van der Waals surface area contributed by atoms with Crippen LogP contribution in [0.3, 0.4) is 0 Å². The molecule has 0 bridgehead atoms. The number of hydrogen-bond acceptors (Lipinski definition) is 2. The van der Waals surface area contributed by atoms with Gasteiger partial charge in [0.15, 0.2) is 0 Å². The lowest BCUT2D eigenvalue weighted by Gasteiger charge is -1.97. The van der Waals surface area contributed by atoms with Gasteiger partial charge < -0.3 is 10.8 Å². The van der Waals surface area contributed by atoms with Crippen molar-refractivity contribution in [3.63, 3.8) is 0 Å². The molecule has 0 saturated carbocycles. The van der Waals surface area contributed by atoms with E-state index in [2.05, 4.69) is 43.4 Å². The first-order valence-electron chi connectivity index (χ1n) is 10.7. The van der Waals surface area contributed by atoms with Gasteiger partial charge in [-0.15, -0.1) is 0 Å². The second kappa shape index (κ2) is 20.0. The molecular formula is C25H36ClNO3. The van der Waals surface area contributed by atoms with Crippen LogP contribution in [0.5, 0.6) is 0 Å². The minimum atomic E-state index is -0.677. The van der Waals surface area contributed by atoms with Crippen LogP contribution in [0, 0.1) is 0 Å². The van der Waals surface area contributed by atoms with E-state index in [1.54, 1.807) is 24.3 Å². The fourth-order valence-corrected chi connectivity index (χ4v) is 2.61. The van der Waals surface area contributed by atoms with E-state index in [-0.39, 0.29) is 0 Å². The highest BCUT2D eigenvalue weighted by molar-refractivity contribution is 6.30. The number of amides is 1. The third kappa shape index (κ3) is 19.0. The minimum Gasteiger partial charge on any atom is -0.481 e. The lowest BCUT2D eigenvalue weighted by atomic mass is 10.1. The zero-order chi connectivity index (χ0) is 22.5. The SMILES string of the molecule is CCCCC=CC=CC=CCCCCCCCC(=O)O.NC(=O)c1ccc(Cl)cc1. The Labute approximate surface area is 186 Å². The molecule has 0 saturated heterocycles. The van der Waals surface area contributed by atoms with E-state index >= 15 is 0 Å². The van der Waals surface area contributed by atoms with Gasteiger partial charge in [-0.25, -0.2) is 0 Å². The number of rotatable bonds is 14. The number of aliphatic carboxylic acids is 1. The van der Waals surface area contributed by atoms with Crippen molar-refractivity contribution in [1.82, 2.24) is 0 Å². The van der Waals surface area contributed by atoms with Crippen LogP contribution in [-0.4, -0.2) is 17.0 Å². The summed E-state index contributed by atoms with van der Waals surface area (Å²) in [6.45, 7) is 2.21. The number of benzene rings is 1. The summed E-state index contributed by atoms with van der Waals surface area (Å²) < 4.78 is 0. The van der Waals surface area contributed by atoms with Gasteiger partial charge in [-0.05, 0) is 49.9 Å². The van der Waals surface area contributed by atoms with Gasteiger partial charge in [-0.3, -0.25) is 9.59 Å². The quantitative estimate of drug-likeness (QED) is 0.242. The van der Waals surface area contributed by atoms with Crippen molar-refractivity contribution in [1.29, 1.82) is 0 Å². The van der Waals surface area contributed by atoms with Crippen molar-refractivity contribution in [2.24, 2.45) is 5.73 Å². The van der Waals surface area contributed by atoms with Crippen LogP contribution in [0.15, 0.2) is 60.7 Å². The normalized spacial score (nSPS) is 11.1. The van der Waals surface area contributed by atoms with E-state index in [9.17, 15) is 9.59 Å². The molecule has 0 spiro atoms. The maximum absolute atomic E-state index is 10.5. The molecule has 0 radical (unpaired) electrons. The fraction of sp³-hybridized carbons (Fsp3) is 0.440. The van der Waals surface area contributed by atoms with Gasteiger partial charge in [0.05, 0.1) is 0 Å². The number of hydrogen-bond donors (Lipinski definition) is 2. The molecule has 1 aromatic rings. The Morgan fingerprint density at radius 1 is 0.867 bits per heavy atom. The van der Waals surface area contributed by atoms with E-state index in [4.69, 9.17) is 22.4 Å². The van der Waals surface area contributed by atoms with Crippen LogP contribution in [-0.2, 0) is 4.79 Å². The Kier molecular flexibility index (Phi) is 18.4. The topological polar surface area (TPSA) is 80.4 Å². The Balaban J connectivity index is 0.000000696. The number of nitrogens with two attached hydrogens (primary N) is 1. The summed E-state index contributed by atoms with van der Waals surface area (Å²) in [5.41, 5.74) is 5.46. The molecule has 0 fully saturated rings. The second-order valence-electron chi connectivity index (χ2n) is 6.95. The maximum atomic E-state index is 10.5. The average Bonchev–Trinajstić information content (AvgIpc) is 2.71. The van der Waals surface area contributed by atoms with Gasteiger partial charge in [-0.1, -0.05) is 87.1 Å². The van der Waals surface area contributed by atoms with E-state index in [1.165, 1.54) is 32.1 Å². The van der Waals surface area contributed by atoms with Gasteiger partial charge >= 0.3 is 5.97 Å². The Hall–Kier alpha value is -2.33. The van der Waals surface area contributed by atoms with Crippen molar-refractivity contribution in [2.75, 3.05) is 0 Å². The van der Waals surface area contributed by atoms with E-state index in [0.29, 0.717) is 17.0 Å². The van der Waals surface area contributed by atoms with Crippen molar-refractivity contribution in [2.45, 2.75) is 71.1 Å². The molecule has 0 aliphatic carbocycles. The zero-order valence-corrected chi connectivity index (χ0v) is 18.8. The molecule has 0 unspecified atom stereocenters. The molecule has 166 valence electrons. The van der Waals surface area contributed by atoms with Crippen molar-refractivity contribution < 1.29 is 14.7 Å². The maximum Gasteiger partial charge on any atom is 0.303 e. The minimum absolute atomic E-state index is 0.316. The van der Waals surface area contributed by atoms with Gasteiger partial charge in [-0.2, -0.15) is 0 Å². The first kappa shape index (κ1) is 27.7. The molecule has 0 atom stereocenters. The summed E-state index contributed by atoms with van der Waals surface area (Å²) in [4.78, 5) is 20.8. The highest BCUT2D eigenvalue weighted by atomic mass is 35.5. The monoisotopic (exact) mass is 433 g/mol. The van der Waals surface area contributed by atoms with Gasteiger partial charge in [0.25, 0.3) is 0 Å². The first-order chi connectivity index (χ1) is 14.5. The predicted octanol–water partition coefficient (Wildman–Crippen LogP) is 7.10. The molecule has 1 rings (SSSR count). The van der Waals surface area contributed by atoms with Gasteiger partial charge in [0, 0.05) is 17.0 Å². The summed E-state index contributed by atoms with van der Waals surface area (Å²) >= 11 is 5.56. The van der Waals surface area contributed by atoms with Crippen LogP contribution in [0.4, 0.5) is 0 Å². The molecule has 5 heteroatoms. The molecule has 0 aliphatic heterocycles. The lowest BCUT2D eigenvalue weighted by molar-refractivity contribution is -0.137. The van der Waals surface area contributed by atoms with Gasteiger partial charge in [0.1, 0.15) is 0 Å². The summed E-state index contributed by atoms with van der Waals surface area (Å²) in [5.74, 6) is -1.11. The number of halogens is 1. The molecule has 1 aromatic carbocycles. The van der Waals surface area contributed by atoms with E-state index in [0.717, 1.165) is 25.7 Å². The van der Waals surface area contributed by atoms with Crippen LogP contribution >= 0.6 is 11.6 Å². The van der Waals surface area contributed by atoms with Crippen LogP contribution in [0.2, 0.25) is 5.02 Å². The standard InChI is InChI=1S/C18H30O2.C7H6ClNO/c1-2-3-4-5-6-7-8-9-10-11-12-13-14-15-16-17-18(19)20;8-6-3-1-5(2-4-6)7(9)10/h5-10H,2-4,11-17H2,1H3,(H,19,20);1-4H,(H2,9,10). The summed E-state index contributed by atoms with van der Waals surface area (Å²) in [5, 5.41) is 9.10. The summed E-state index contributed by atoms with van der Waals surface area (Å²) in [7, 11) is 0. The summed E-state index contributed by atoms with van der Waals surface area (Å²) in [6.07, 6.45) is 23.3. The van der Waals surface area contributed by atoms with Crippen LogP contribution in [0.25, 0.3) is 0 Å². The number of allylic oxidation sites excluding steroid dienone is 6. The number of primary amides is 1. The number of carboxylic acids is 1. The molecule has 4 nitrogen and oxygen atoms in total. The number of unbranched alkanes of at least 4 members (excludes halogenated alkanes) is 7. The summed E-state index contributed by atoms with van der Waals surface area (Å²) in [6, 6.07) is 6.43. The Bertz CT molecular complexity index is 663. The number of carbonyl (C=O) groups excluding carboxylic acids is 1. The molecular weight excluding hydrogens is 398 g/mol. The predicted molar refractivity (Wildman–Crippen MR) is 127 cm³/mol. The third-order valence-corrected chi connectivity index (χ3v) is 4.47. The fourth-order valence-electron chi connectivity index (χ4n) is 2.48. The molecule has 0 heterocycles. The number of carboxylic acid groups (broad SMARTS) is 1. The average molecular weight is 434 g/mol.